The highest BCUT2D eigenvalue weighted by Crippen LogP contribution is 2.30. The Morgan fingerprint density at radius 3 is 2.64 bits per heavy atom. The number of fused-ring (bicyclic) bond motifs is 1. The molecule has 3 rings (SSSR count). The minimum atomic E-state index is -1.42. The van der Waals surface area contributed by atoms with Crippen molar-refractivity contribution in [2.75, 3.05) is 5.73 Å². The van der Waals surface area contributed by atoms with Gasteiger partial charge < -0.3 is 20.5 Å². The van der Waals surface area contributed by atoms with Gasteiger partial charge in [-0.3, -0.25) is 4.79 Å². The molecule has 0 atom stereocenters. The van der Waals surface area contributed by atoms with Gasteiger partial charge >= 0.3 is 5.97 Å². The van der Waals surface area contributed by atoms with E-state index in [9.17, 15) is 9.59 Å². The molecule has 28 heavy (non-hydrogen) atoms. The molecule has 0 aliphatic heterocycles. The van der Waals surface area contributed by atoms with Gasteiger partial charge in [0.05, 0.1) is 10.2 Å². The summed E-state index contributed by atoms with van der Waals surface area (Å²) in [5, 5.41) is 5.52. The van der Waals surface area contributed by atoms with Crippen LogP contribution in [0, 0.1) is 0 Å². The highest BCUT2D eigenvalue weighted by atomic mass is 32.2. The summed E-state index contributed by atoms with van der Waals surface area (Å²) in [6, 6.07) is 7.56. The first-order valence-corrected chi connectivity index (χ1v) is 10.2. The molecule has 1 aromatic carbocycles. The Balaban J connectivity index is 1.78. The van der Waals surface area contributed by atoms with Crippen molar-refractivity contribution in [3.8, 4) is 0 Å². The van der Waals surface area contributed by atoms with Crippen molar-refractivity contribution in [1.82, 2.24) is 9.97 Å². The summed E-state index contributed by atoms with van der Waals surface area (Å²) in [6.45, 7) is 2.85. The smallest absolute Gasteiger partial charge is 0.375 e. The van der Waals surface area contributed by atoms with Gasteiger partial charge in [-0.2, -0.15) is 0 Å². The van der Waals surface area contributed by atoms with Gasteiger partial charge in [-0.25, -0.2) is 14.8 Å². The average Bonchev–Trinajstić information content (AvgIpc) is 3.25. The highest BCUT2D eigenvalue weighted by molar-refractivity contribution is 7.97. The molecule has 0 radical (unpaired) electrons. The van der Waals surface area contributed by atoms with E-state index in [4.69, 9.17) is 20.5 Å². The Kier molecular flexibility index (Phi) is 5.82. The van der Waals surface area contributed by atoms with Crippen molar-refractivity contribution in [2.45, 2.75) is 23.8 Å². The van der Waals surface area contributed by atoms with Crippen molar-refractivity contribution in [1.29, 1.82) is 0 Å². The second-order valence-corrected chi connectivity index (χ2v) is 8.78. The van der Waals surface area contributed by atoms with Crippen molar-refractivity contribution < 1.29 is 18.6 Å². The maximum atomic E-state index is 12.6. The van der Waals surface area contributed by atoms with E-state index >= 15 is 0 Å². The zero-order valence-electron chi connectivity index (χ0n) is 14.7. The van der Waals surface area contributed by atoms with Crippen LogP contribution in [-0.4, -0.2) is 33.2 Å². The van der Waals surface area contributed by atoms with Crippen LogP contribution in [-0.2, 0) is 18.6 Å². The Bertz CT molecular complexity index is 1030. The van der Waals surface area contributed by atoms with E-state index in [-0.39, 0.29) is 16.5 Å². The van der Waals surface area contributed by atoms with Gasteiger partial charge in [0.15, 0.2) is 9.47 Å². The number of rotatable bonds is 7. The normalized spacial score (nSPS) is 12.1. The van der Waals surface area contributed by atoms with Crippen LogP contribution in [0.2, 0.25) is 0 Å². The molecule has 0 saturated carbocycles. The second kappa shape index (κ2) is 8.12. The maximum Gasteiger partial charge on any atom is 0.375 e. The minimum Gasteiger partial charge on any atom is -0.379 e. The SMILES string of the molecule is CC(C)(O/N=C(\C(=O)OSc1nc2ccccc2s1)c1csc(N)n1)C(N)=O. The summed E-state index contributed by atoms with van der Waals surface area (Å²) in [5.41, 5.74) is 10.2. The van der Waals surface area contributed by atoms with Crippen LogP contribution in [0.5, 0.6) is 0 Å². The van der Waals surface area contributed by atoms with Gasteiger partial charge in [0.1, 0.15) is 17.7 Å². The van der Waals surface area contributed by atoms with E-state index in [1.54, 1.807) is 0 Å². The van der Waals surface area contributed by atoms with Gasteiger partial charge in [0.25, 0.3) is 5.91 Å². The average molecular weight is 438 g/mol. The molecule has 12 heteroatoms. The van der Waals surface area contributed by atoms with Gasteiger partial charge in [-0.1, -0.05) is 17.3 Å². The largest absolute Gasteiger partial charge is 0.379 e. The summed E-state index contributed by atoms with van der Waals surface area (Å²) in [5.74, 6) is -1.57. The van der Waals surface area contributed by atoms with Crippen molar-refractivity contribution in [2.24, 2.45) is 10.9 Å². The number of thiazole rings is 2. The van der Waals surface area contributed by atoms with Crippen LogP contribution in [0.25, 0.3) is 10.2 Å². The summed E-state index contributed by atoms with van der Waals surface area (Å²) in [4.78, 5) is 37.5. The van der Waals surface area contributed by atoms with Crippen LogP contribution in [0.4, 0.5) is 5.13 Å². The summed E-state index contributed by atoms with van der Waals surface area (Å²) in [7, 11) is 0. The lowest BCUT2D eigenvalue weighted by atomic mass is 10.1. The second-order valence-electron chi connectivity index (χ2n) is 5.88. The molecule has 4 N–H and O–H groups in total. The van der Waals surface area contributed by atoms with Gasteiger partial charge in [-0.15, -0.1) is 22.7 Å². The number of carbonyl (C=O) groups excluding carboxylic acids is 2. The maximum absolute atomic E-state index is 12.6. The summed E-state index contributed by atoms with van der Waals surface area (Å²) < 4.78 is 6.74. The minimum absolute atomic E-state index is 0.165. The van der Waals surface area contributed by atoms with E-state index in [2.05, 4.69) is 15.1 Å². The van der Waals surface area contributed by atoms with Crippen molar-refractivity contribution >= 4 is 67.7 Å². The molecule has 0 bridgehead atoms. The van der Waals surface area contributed by atoms with E-state index in [0.717, 1.165) is 33.6 Å². The molecule has 0 unspecified atom stereocenters. The molecule has 0 spiro atoms. The number of primary amides is 1. The Labute approximate surface area is 171 Å². The number of amides is 1. The molecule has 0 aliphatic rings. The first-order valence-electron chi connectivity index (χ1n) is 7.78. The van der Waals surface area contributed by atoms with Crippen molar-refractivity contribution in [3.05, 3.63) is 35.3 Å². The number of anilines is 1. The lowest BCUT2D eigenvalue weighted by Crippen LogP contribution is -2.39. The fraction of sp³-hybridized carbons (Fsp3) is 0.188. The van der Waals surface area contributed by atoms with Crippen LogP contribution >= 0.6 is 34.7 Å². The standard InChI is InChI=1S/C16H15N5O4S3/c1-16(2,13(17)23)25-21-11(9-7-26-14(18)19-9)12(22)24-28-15-20-8-5-3-4-6-10(8)27-15/h3-7H,1-2H3,(H2,17,23)(H2,18,19)/b21-11-. The van der Waals surface area contributed by atoms with Crippen LogP contribution in [0.3, 0.4) is 0 Å². The molecule has 146 valence electrons. The number of hydrogen-bond acceptors (Lipinski definition) is 11. The predicted octanol–water partition coefficient (Wildman–Crippen LogP) is 2.57. The van der Waals surface area contributed by atoms with E-state index in [0.29, 0.717) is 4.34 Å². The molecule has 9 nitrogen and oxygen atoms in total. The number of oxime groups is 1. The first kappa shape index (κ1) is 20.0. The van der Waals surface area contributed by atoms with E-state index < -0.39 is 17.5 Å². The van der Waals surface area contributed by atoms with Crippen molar-refractivity contribution in [3.63, 3.8) is 0 Å². The number of nitrogens with zero attached hydrogens (tertiary/aromatic N) is 3. The number of hydrogen-bond donors (Lipinski definition) is 2. The molecule has 3 aromatic rings. The molecular formula is C16H15N5O4S3. The zero-order chi connectivity index (χ0) is 20.3. The Hall–Kier alpha value is -2.70. The first-order chi connectivity index (χ1) is 13.3. The lowest BCUT2D eigenvalue weighted by molar-refractivity contribution is -0.139. The highest BCUT2D eigenvalue weighted by Gasteiger charge is 2.29. The summed E-state index contributed by atoms with van der Waals surface area (Å²) in [6.07, 6.45) is 0. The van der Waals surface area contributed by atoms with E-state index in [1.165, 1.54) is 30.6 Å². The molecular weight excluding hydrogens is 422 g/mol. The fourth-order valence-corrected chi connectivity index (χ4v) is 3.90. The zero-order valence-corrected chi connectivity index (χ0v) is 17.2. The molecule has 0 aliphatic carbocycles. The van der Waals surface area contributed by atoms with Gasteiger partial charge in [0, 0.05) is 5.38 Å². The van der Waals surface area contributed by atoms with E-state index in [1.807, 2.05) is 24.3 Å². The third kappa shape index (κ3) is 4.58. The molecule has 2 aromatic heterocycles. The molecule has 0 fully saturated rings. The number of benzene rings is 1. The Morgan fingerprint density at radius 2 is 2.00 bits per heavy atom. The third-order valence-corrected chi connectivity index (χ3v) is 5.81. The number of carbonyl (C=O) groups is 2. The number of nitrogen functional groups attached to an aromatic ring is 1. The lowest BCUT2D eigenvalue weighted by Gasteiger charge is -2.17. The fourth-order valence-electron chi connectivity index (χ4n) is 1.79. The number of nitrogens with two attached hydrogens (primary N) is 2. The predicted molar refractivity (Wildman–Crippen MR) is 109 cm³/mol. The molecule has 0 saturated heterocycles. The number of aromatic nitrogens is 2. The monoisotopic (exact) mass is 437 g/mol. The molecule has 2 heterocycles. The van der Waals surface area contributed by atoms with Crippen LogP contribution in [0.1, 0.15) is 19.5 Å². The topological polar surface area (TPSA) is 143 Å². The quantitative estimate of drug-likeness (QED) is 0.326. The molecule has 1 amide bonds. The van der Waals surface area contributed by atoms with Crippen LogP contribution in [0.15, 0.2) is 39.1 Å². The summed E-state index contributed by atoms with van der Waals surface area (Å²) >= 11 is 3.30. The van der Waals surface area contributed by atoms with Gasteiger partial charge in [0.2, 0.25) is 11.3 Å². The van der Waals surface area contributed by atoms with Gasteiger partial charge in [-0.05, 0) is 26.0 Å². The third-order valence-electron chi connectivity index (χ3n) is 3.38. The Morgan fingerprint density at radius 1 is 1.25 bits per heavy atom. The number of para-hydroxylation sites is 1. The van der Waals surface area contributed by atoms with Crippen LogP contribution < -0.4 is 11.5 Å².